The molecular formula is C40H74O6Zn. The minimum atomic E-state index is -0.924. The van der Waals surface area contributed by atoms with Crippen LogP contribution in [-0.4, -0.2) is 23.0 Å². The molecule has 47 heavy (non-hydrogen) atoms. The van der Waals surface area contributed by atoms with Crippen LogP contribution in [0.4, 0.5) is 0 Å². The van der Waals surface area contributed by atoms with Crippen LogP contribution >= 0.6 is 0 Å². The van der Waals surface area contributed by atoms with Crippen LogP contribution in [0.15, 0.2) is 25.3 Å². The largest absolute Gasteiger partial charge is 2.00 e. The minimum absolute atomic E-state index is 0. The molecule has 7 heteroatoms. The molecule has 0 rings (SSSR count). The molecule has 0 heterocycles. The van der Waals surface area contributed by atoms with Gasteiger partial charge in [0.1, 0.15) is 0 Å². The first-order valence-electron chi connectivity index (χ1n) is 19.1. The number of carboxylic acids is 3. The maximum atomic E-state index is 10.3. The van der Waals surface area contributed by atoms with Gasteiger partial charge in [-0.2, -0.15) is 0 Å². The summed E-state index contributed by atoms with van der Waals surface area (Å²) in [6, 6.07) is 0. The Balaban J connectivity index is -0.000000303. The molecule has 6 nitrogen and oxygen atoms in total. The number of carboxylic acid groups (broad SMARTS) is 3. The van der Waals surface area contributed by atoms with Crippen molar-refractivity contribution >= 4 is 17.9 Å². The van der Waals surface area contributed by atoms with Crippen molar-refractivity contribution < 1.29 is 49.2 Å². The molecule has 0 atom stereocenters. The normalized spacial score (nSPS) is 10.1. The van der Waals surface area contributed by atoms with Crippen molar-refractivity contribution in [2.45, 2.75) is 212 Å². The van der Waals surface area contributed by atoms with E-state index in [0.29, 0.717) is 6.42 Å². The van der Waals surface area contributed by atoms with E-state index in [1.54, 1.807) is 0 Å². The van der Waals surface area contributed by atoms with E-state index < -0.39 is 17.9 Å². The average molecular weight is 716 g/mol. The first kappa shape index (κ1) is 52.3. The van der Waals surface area contributed by atoms with E-state index in [1.165, 1.54) is 122 Å². The van der Waals surface area contributed by atoms with E-state index in [-0.39, 0.29) is 32.3 Å². The Kier molecular flexibility index (Phi) is 54.5. The van der Waals surface area contributed by atoms with Crippen LogP contribution in [0.5, 0.6) is 0 Å². The van der Waals surface area contributed by atoms with Gasteiger partial charge in [-0.3, -0.25) is 4.79 Å². The van der Waals surface area contributed by atoms with Crippen molar-refractivity contribution in [1.29, 1.82) is 0 Å². The standard InChI is InChI=1S/C18H36O2.2C11H20O2.Zn/c1-2-3-4-5-6-7-8-9-10-11-12-13-14-15-16-17-18(19)20;2*1-2-3-4-5-6-7-8-9-10-11(12)13;/h2-17H2,1H3,(H,19,20);2*2H,1,3-10H2,(H,12,13);/q;;;+2/p-2. The van der Waals surface area contributed by atoms with Gasteiger partial charge in [0.15, 0.2) is 0 Å². The number of carbonyl (C=O) groups excluding carboxylic acids is 2. The minimum Gasteiger partial charge on any atom is -0.550 e. The molecule has 0 saturated carbocycles. The summed E-state index contributed by atoms with van der Waals surface area (Å²) < 4.78 is 0. The van der Waals surface area contributed by atoms with E-state index in [4.69, 9.17) is 5.11 Å². The van der Waals surface area contributed by atoms with Crippen LogP contribution in [0.3, 0.4) is 0 Å². The Bertz CT molecular complexity index is 633. The Morgan fingerprint density at radius 1 is 0.447 bits per heavy atom. The summed E-state index contributed by atoms with van der Waals surface area (Å²) in [5, 5.41) is 28.6. The number of unbranched alkanes of at least 4 members (excludes halogenated alkanes) is 26. The summed E-state index contributed by atoms with van der Waals surface area (Å²) in [4.78, 5) is 30.4. The first-order chi connectivity index (χ1) is 22.3. The molecule has 0 spiro atoms. The molecule has 0 aromatic carbocycles. The van der Waals surface area contributed by atoms with Gasteiger partial charge in [0.2, 0.25) is 0 Å². The zero-order chi connectivity index (χ0) is 34.8. The smallest absolute Gasteiger partial charge is 0.550 e. The van der Waals surface area contributed by atoms with E-state index in [9.17, 15) is 24.6 Å². The SMILES string of the molecule is C=CCCCCCCCCC(=O)[O-].C=CCCCCCCCCC(=O)[O-].CCCCCCCCCCCCCCCCCC(=O)O.[Zn+2]. The third kappa shape index (κ3) is 63.8. The maximum Gasteiger partial charge on any atom is 2.00 e. The van der Waals surface area contributed by atoms with Crippen LogP contribution in [0.2, 0.25) is 0 Å². The average Bonchev–Trinajstić information content (AvgIpc) is 3.02. The summed E-state index contributed by atoms with van der Waals surface area (Å²) in [5.41, 5.74) is 0. The molecular weight excluding hydrogens is 642 g/mol. The molecule has 0 aromatic heterocycles. The molecule has 0 fully saturated rings. The van der Waals surface area contributed by atoms with Crippen molar-refractivity contribution in [3.8, 4) is 0 Å². The van der Waals surface area contributed by atoms with Gasteiger partial charge in [-0.05, 0) is 57.8 Å². The number of hydrogen-bond acceptors (Lipinski definition) is 5. The molecule has 272 valence electrons. The summed E-state index contributed by atoms with van der Waals surface area (Å²) in [5.74, 6) is -2.50. The van der Waals surface area contributed by atoms with Gasteiger partial charge in [0, 0.05) is 18.4 Å². The fraction of sp³-hybridized carbons (Fsp3) is 0.825. The van der Waals surface area contributed by atoms with Gasteiger partial charge in [0.05, 0.1) is 0 Å². The van der Waals surface area contributed by atoms with E-state index in [0.717, 1.165) is 64.2 Å². The topological polar surface area (TPSA) is 118 Å². The molecule has 0 bridgehead atoms. The molecule has 0 aliphatic carbocycles. The van der Waals surface area contributed by atoms with Gasteiger partial charge in [-0.15, -0.1) is 13.2 Å². The number of carbonyl (C=O) groups is 3. The van der Waals surface area contributed by atoms with Gasteiger partial charge >= 0.3 is 25.4 Å². The summed E-state index contributed by atoms with van der Waals surface area (Å²) in [7, 11) is 0. The number of allylic oxidation sites excluding steroid dienone is 2. The number of rotatable bonds is 34. The number of aliphatic carboxylic acids is 3. The van der Waals surface area contributed by atoms with E-state index in [2.05, 4.69) is 20.1 Å². The van der Waals surface area contributed by atoms with E-state index >= 15 is 0 Å². The molecule has 0 unspecified atom stereocenters. The molecule has 0 aliphatic rings. The molecule has 0 amide bonds. The predicted molar refractivity (Wildman–Crippen MR) is 191 cm³/mol. The zero-order valence-electron chi connectivity index (χ0n) is 30.9. The third-order valence-electron chi connectivity index (χ3n) is 8.07. The Labute approximate surface area is 303 Å². The van der Waals surface area contributed by atoms with Gasteiger partial charge < -0.3 is 24.9 Å². The second kappa shape index (κ2) is 48.9. The van der Waals surface area contributed by atoms with E-state index in [1.807, 2.05) is 12.2 Å². The van der Waals surface area contributed by atoms with Crippen LogP contribution in [0.1, 0.15) is 212 Å². The Morgan fingerprint density at radius 2 is 0.681 bits per heavy atom. The second-order valence-corrected chi connectivity index (χ2v) is 12.7. The zero-order valence-corrected chi connectivity index (χ0v) is 33.9. The Morgan fingerprint density at radius 3 is 0.915 bits per heavy atom. The fourth-order valence-electron chi connectivity index (χ4n) is 5.18. The van der Waals surface area contributed by atoms with Crippen LogP contribution < -0.4 is 10.2 Å². The molecule has 0 aliphatic heterocycles. The van der Waals surface area contributed by atoms with Crippen LogP contribution in [0, 0.1) is 0 Å². The fourth-order valence-corrected chi connectivity index (χ4v) is 5.18. The van der Waals surface area contributed by atoms with Gasteiger partial charge in [-0.1, -0.05) is 160 Å². The molecule has 0 radical (unpaired) electrons. The van der Waals surface area contributed by atoms with Crippen molar-refractivity contribution in [1.82, 2.24) is 0 Å². The van der Waals surface area contributed by atoms with Gasteiger partial charge in [0.25, 0.3) is 0 Å². The summed E-state index contributed by atoms with van der Waals surface area (Å²) >= 11 is 0. The first-order valence-corrected chi connectivity index (χ1v) is 19.1. The summed E-state index contributed by atoms with van der Waals surface area (Å²) in [6.07, 6.45) is 39.9. The Hall–Kier alpha value is -1.49. The van der Waals surface area contributed by atoms with Crippen molar-refractivity contribution in [2.24, 2.45) is 0 Å². The van der Waals surface area contributed by atoms with Crippen molar-refractivity contribution in [3.63, 3.8) is 0 Å². The van der Waals surface area contributed by atoms with Crippen LogP contribution in [-0.2, 0) is 33.9 Å². The predicted octanol–water partition coefficient (Wildman–Crippen LogP) is 10.4. The van der Waals surface area contributed by atoms with Gasteiger partial charge in [-0.25, -0.2) is 0 Å². The maximum absolute atomic E-state index is 10.3. The van der Waals surface area contributed by atoms with Crippen molar-refractivity contribution in [2.75, 3.05) is 0 Å². The second-order valence-electron chi connectivity index (χ2n) is 12.7. The quantitative estimate of drug-likeness (QED) is 0.0402. The van der Waals surface area contributed by atoms with Crippen LogP contribution in [0.25, 0.3) is 0 Å². The van der Waals surface area contributed by atoms with Crippen molar-refractivity contribution in [3.05, 3.63) is 25.3 Å². The molecule has 0 saturated heterocycles. The molecule has 1 N–H and O–H groups in total. The molecule has 0 aromatic rings. The third-order valence-corrected chi connectivity index (χ3v) is 8.07. The monoisotopic (exact) mass is 714 g/mol. The number of hydrogen-bond donors (Lipinski definition) is 1. The summed E-state index contributed by atoms with van der Waals surface area (Å²) in [6.45, 7) is 9.58.